The zero-order valence-corrected chi connectivity index (χ0v) is 65.9. The van der Waals surface area contributed by atoms with Crippen LogP contribution in [0.25, 0.3) is 0 Å². The number of nitrogens with one attached hydrogen (secondary N) is 3. The van der Waals surface area contributed by atoms with E-state index >= 15 is 0 Å². The average molecular weight is 1660 g/mol. The molecule has 1 aromatic carbocycles. The van der Waals surface area contributed by atoms with Crippen molar-refractivity contribution in [3.8, 4) is 5.75 Å². The molecule has 0 radical (unpaired) electrons. The minimum Gasteiger partial charge on any atom is -0.497 e. The molecule has 115 heavy (non-hydrogen) atoms. The topological polar surface area (TPSA) is 596 Å². The normalized spacial score (nSPS) is 32.6. The maximum absolute atomic E-state index is 13.4. The number of methoxy groups -OCH3 is 1. The van der Waals surface area contributed by atoms with Crippen LogP contribution in [0.1, 0.15) is 186 Å². The van der Waals surface area contributed by atoms with Crippen LogP contribution >= 0.6 is 0 Å². The van der Waals surface area contributed by atoms with E-state index in [2.05, 4.69) is 35.0 Å². The van der Waals surface area contributed by atoms with E-state index in [9.17, 15) is 116 Å². The van der Waals surface area contributed by atoms with Crippen molar-refractivity contribution in [1.82, 2.24) is 16.0 Å². The van der Waals surface area contributed by atoms with Crippen LogP contribution in [0.5, 0.6) is 5.75 Å². The summed E-state index contributed by atoms with van der Waals surface area (Å²) in [6.45, 7) is -0.166. The van der Waals surface area contributed by atoms with Gasteiger partial charge in [0.05, 0.1) is 52.3 Å². The number of carbonyl (C=O) groups is 5. The van der Waals surface area contributed by atoms with Gasteiger partial charge in [0.2, 0.25) is 17.7 Å². The maximum atomic E-state index is 13.4. The summed E-state index contributed by atoms with van der Waals surface area (Å²) in [5.74, 6) is -3.80. The molecule has 21 N–H and O–H groups in total. The van der Waals surface area contributed by atoms with Crippen LogP contribution in [0.3, 0.4) is 0 Å². The molecule has 0 aliphatic carbocycles. The Morgan fingerprint density at radius 2 is 0.870 bits per heavy atom. The van der Waals surface area contributed by atoms with Gasteiger partial charge in [0, 0.05) is 39.0 Å². The van der Waals surface area contributed by atoms with Gasteiger partial charge in [-0.1, -0.05) is 128 Å². The van der Waals surface area contributed by atoms with Crippen LogP contribution in [0.4, 0.5) is 0 Å². The fourth-order valence-corrected chi connectivity index (χ4v) is 14.3. The molecule has 1 aromatic rings. The molecular formula is C77H131N3O35. The summed E-state index contributed by atoms with van der Waals surface area (Å²) < 4.78 is 66.7. The van der Waals surface area contributed by atoms with Gasteiger partial charge < -0.3 is 165 Å². The fraction of sp³-hybridized carbons (Fsp3) is 0.857. The Kier molecular flexibility index (Phi) is 45.8. The summed E-state index contributed by atoms with van der Waals surface area (Å²) in [5.41, 5.74) is 1.23. The number of hydrogen-bond acceptors (Lipinski definition) is 33. The molecule has 5 saturated heterocycles. The fourth-order valence-electron chi connectivity index (χ4n) is 14.3. The number of aliphatic carboxylic acids is 2. The highest BCUT2D eigenvalue weighted by Gasteiger charge is 2.57. The van der Waals surface area contributed by atoms with Crippen molar-refractivity contribution in [3.05, 3.63) is 29.8 Å². The van der Waals surface area contributed by atoms with Gasteiger partial charge in [-0.2, -0.15) is 0 Å². The Bertz CT molecular complexity index is 2880. The van der Waals surface area contributed by atoms with Gasteiger partial charge in [-0.25, -0.2) is 9.59 Å². The summed E-state index contributed by atoms with van der Waals surface area (Å²) in [6, 6.07) is 6.89. The minimum absolute atomic E-state index is 0.0348. The van der Waals surface area contributed by atoms with Gasteiger partial charge in [-0.05, 0) is 69.1 Å². The van der Waals surface area contributed by atoms with E-state index in [-0.39, 0.29) is 64.0 Å². The average Bonchev–Trinajstić information content (AvgIpc) is 0.769. The molecule has 664 valence electrons. The van der Waals surface area contributed by atoms with Crippen molar-refractivity contribution in [2.24, 2.45) is 0 Å². The quantitative estimate of drug-likeness (QED) is 0.0301. The van der Waals surface area contributed by atoms with Gasteiger partial charge in [-0.15, -0.1) is 0 Å². The Morgan fingerprint density at radius 3 is 1.45 bits per heavy atom. The smallest absolute Gasteiger partial charge is 0.335 e. The molecule has 5 fully saturated rings. The first-order chi connectivity index (χ1) is 55.1. The number of ether oxygens (including phenoxy) is 12. The minimum atomic E-state index is -2.33. The molecule has 38 nitrogen and oxygen atoms in total. The highest BCUT2D eigenvalue weighted by Crippen LogP contribution is 2.36. The van der Waals surface area contributed by atoms with Crippen molar-refractivity contribution in [3.63, 3.8) is 0 Å². The third kappa shape index (κ3) is 32.0. The third-order valence-electron chi connectivity index (χ3n) is 21.3. The number of hydrogen-bond donors (Lipinski definition) is 21. The number of carboxylic acids is 2. The summed E-state index contributed by atoms with van der Waals surface area (Å²) in [7, 11) is 1.63. The molecule has 38 heteroatoms. The van der Waals surface area contributed by atoms with Gasteiger partial charge in [0.1, 0.15) is 122 Å². The Labute approximate surface area is 669 Å². The second-order valence-electron chi connectivity index (χ2n) is 30.3. The second kappa shape index (κ2) is 53.1. The lowest BCUT2D eigenvalue weighted by atomic mass is 9.95. The molecule has 28 atom stereocenters. The Morgan fingerprint density at radius 1 is 0.426 bits per heavy atom. The van der Waals surface area contributed by atoms with E-state index in [1.54, 1.807) is 7.11 Å². The summed E-state index contributed by atoms with van der Waals surface area (Å²) in [5, 5.41) is 201. The molecule has 0 spiro atoms. The van der Waals surface area contributed by atoms with Crippen molar-refractivity contribution in [2.45, 2.75) is 358 Å². The van der Waals surface area contributed by atoms with Gasteiger partial charge in [0.15, 0.2) is 43.7 Å². The van der Waals surface area contributed by atoms with Crippen molar-refractivity contribution in [2.75, 3.05) is 59.8 Å². The standard InChI is InChI=1S/C77H131N3O35/c1-3-4-5-6-7-8-9-10-11-12-15-20-27-46(83)53(87)45(80-52(86)30-21-16-13-14-19-26-43-31-33-44(104-2)34-32-43)41-107-74-60(94)55(89)54(88)49(110-74)42-105-37-25-18-17-24-35-78-50(84)28-22-23-29-51(85)79-36-38-106-73-62(96)58(92)66(47(39-81)108-73)112-77-65(99)68(64(98)70(115-77)72(102)103)113-75-63(97)59(93)67(48(40-82)109-75)111-76-61(95)56(90)57(91)69(114-76)71(100)101/h31-34,45-49,53-70,73-77,81-83,87-99H,3-30,35-42H2,1-2H3,(H,78,84)(H,79,85)(H,80,86)(H,100,101)(H,102,103)/t45-,46+,47?,48?,49?,53-,54?,55?,56?,57?,58?,59?,60?,61?,62?,63?,64?,65?,66?,67?,68?,69?,70?,73?,74?,75?,76?,77?/m0/s1. The lowest BCUT2D eigenvalue weighted by Crippen LogP contribution is -2.68. The SMILES string of the molecule is CCCCCCCCCCCCCC[C@@H](O)[C@@H](O)[C@H](COC1OC(COCCCCCCNC(=O)CCCCC(=O)NCCOC2OC(CO)C(OC3OC(C(=O)O)C(O)C(OC4OC(CO)C(OC5OC(C(=O)O)C(O)C(O)C5O)C(O)C4O)C3O)C(O)C2O)C(O)C(O)C1O)NC(=O)CCCCCCCc1ccc(OC)cc1. The number of carboxylic acid groups (broad SMARTS) is 2. The van der Waals surface area contributed by atoms with Crippen LogP contribution in [0, 0.1) is 0 Å². The van der Waals surface area contributed by atoms with E-state index in [1.165, 1.54) is 50.5 Å². The molecule has 0 aromatic heterocycles. The molecule has 3 amide bonds. The summed E-state index contributed by atoms with van der Waals surface area (Å²) in [4.78, 5) is 62.6. The number of unbranched alkanes of at least 4 members (excludes halogenated alkanes) is 19. The number of aliphatic hydroxyl groups is 16. The van der Waals surface area contributed by atoms with Crippen LogP contribution in [-0.4, -0.2) is 353 Å². The number of carbonyl (C=O) groups excluding carboxylic acids is 3. The van der Waals surface area contributed by atoms with Gasteiger partial charge >= 0.3 is 11.9 Å². The predicted molar refractivity (Wildman–Crippen MR) is 399 cm³/mol. The summed E-state index contributed by atoms with van der Waals surface area (Å²) >= 11 is 0. The summed E-state index contributed by atoms with van der Waals surface area (Å²) in [6.07, 6.45) is -28.6. The number of aryl methyl sites for hydroxylation is 1. The molecule has 5 heterocycles. The number of rotatable bonds is 56. The molecular weight excluding hydrogens is 1530 g/mol. The van der Waals surface area contributed by atoms with Crippen molar-refractivity contribution < 1.29 is 173 Å². The highest BCUT2D eigenvalue weighted by atomic mass is 16.8. The lowest BCUT2D eigenvalue weighted by Gasteiger charge is -2.48. The van der Waals surface area contributed by atoms with Gasteiger partial charge in [-0.3, -0.25) is 14.4 Å². The maximum Gasteiger partial charge on any atom is 0.335 e. The van der Waals surface area contributed by atoms with E-state index < -0.39 is 203 Å². The zero-order chi connectivity index (χ0) is 84.1. The Hall–Kier alpha value is -4.71. The molecule has 25 unspecified atom stereocenters. The van der Waals surface area contributed by atoms with E-state index in [0.717, 1.165) is 76.4 Å². The first-order valence-corrected chi connectivity index (χ1v) is 40.9. The first-order valence-electron chi connectivity index (χ1n) is 40.9. The van der Waals surface area contributed by atoms with E-state index in [0.29, 0.717) is 51.5 Å². The van der Waals surface area contributed by atoms with Crippen LogP contribution in [-0.2, 0) is 82.5 Å². The largest absolute Gasteiger partial charge is 0.497 e. The Balaban J connectivity index is 0.832. The van der Waals surface area contributed by atoms with Gasteiger partial charge in [0.25, 0.3) is 0 Å². The highest BCUT2D eigenvalue weighted by molar-refractivity contribution is 5.77. The predicted octanol–water partition coefficient (Wildman–Crippen LogP) is -2.46. The van der Waals surface area contributed by atoms with Crippen LogP contribution in [0.2, 0.25) is 0 Å². The van der Waals surface area contributed by atoms with E-state index in [1.807, 2.05) is 12.1 Å². The van der Waals surface area contributed by atoms with Crippen LogP contribution < -0.4 is 20.7 Å². The third-order valence-corrected chi connectivity index (χ3v) is 21.3. The molecule has 6 rings (SSSR count). The monoisotopic (exact) mass is 1660 g/mol. The van der Waals surface area contributed by atoms with Crippen molar-refractivity contribution in [1.29, 1.82) is 0 Å². The van der Waals surface area contributed by atoms with Crippen molar-refractivity contribution >= 4 is 29.7 Å². The molecule has 0 saturated carbocycles. The molecule has 5 aliphatic heterocycles. The van der Waals surface area contributed by atoms with E-state index in [4.69, 9.17) is 56.8 Å². The zero-order valence-electron chi connectivity index (χ0n) is 65.9. The second-order valence-corrected chi connectivity index (χ2v) is 30.3. The molecule has 0 bridgehead atoms. The first kappa shape index (κ1) is 99.1. The number of amides is 3. The lowest BCUT2D eigenvalue weighted by molar-refractivity contribution is -0.385. The number of benzene rings is 1. The molecule has 5 aliphatic rings. The number of aliphatic hydroxyl groups excluding tert-OH is 16. The van der Waals surface area contributed by atoms with Crippen LogP contribution in [0.15, 0.2) is 24.3 Å².